The number of carbonyl (C=O) groups is 2. The van der Waals surface area contributed by atoms with Crippen molar-refractivity contribution in [2.75, 3.05) is 37.6 Å². The van der Waals surface area contributed by atoms with Crippen LogP contribution in [0, 0.1) is 0 Å². The van der Waals surface area contributed by atoms with Crippen LogP contribution in [0.3, 0.4) is 0 Å². The molecular weight excluding hydrogens is 455 g/mol. The summed E-state index contributed by atoms with van der Waals surface area (Å²) in [7, 11) is 0. The molecule has 35 heavy (non-hydrogen) atoms. The van der Waals surface area contributed by atoms with Crippen molar-refractivity contribution in [3.05, 3.63) is 64.7 Å². The number of Topliss-reactive ketones (excluding diaryl/α,β-unsaturated/α-hetero) is 1. The summed E-state index contributed by atoms with van der Waals surface area (Å²) in [5.41, 5.74) is 3.10. The number of piperazine rings is 1. The van der Waals surface area contributed by atoms with E-state index in [9.17, 15) is 22.8 Å². The molecule has 1 amide bonds. The number of anilines is 1. The van der Waals surface area contributed by atoms with Gasteiger partial charge in [0.15, 0.2) is 5.78 Å². The van der Waals surface area contributed by atoms with E-state index in [1.165, 1.54) is 0 Å². The van der Waals surface area contributed by atoms with Gasteiger partial charge in [-0.1, -0.05) is 18.6 Å². The van der Waals surface area contributed by atoms with E-state index in [1.54, 1.807) is 19.1 Å². The highest BCUT2D eigenvalue weighted by molar-refractivity contribution is 5.94. The Labute approximate surface area is 204 Å². The quantitative estimate of drug-likeness (QED) is 0.382. The Morgan fingerprint density at radius 2 is 1.54 bits per heavy atom. The van der Waals surface area contributed by atoms with Crippen LogP contribution < -0.4 is 4.90 Å². The highest BCUT2D eigenvalue weighted by Gasteiger charge is 2.30. The van der Waals surface area contributed by atoms with E-state index in [2.05, 4.69) is 9.80 Å². The van der Waals surface area contributed by atoms with Gasteiger partial charge in [0.2, 0.25) is 5.91 Å². The molecule has 0 saturated carbocycles. The lowest BCUT2D eigenvalue weighted by molar-refractivity contribution is -0.137. The summed E-state index contributed by atoms with van der Waals surface area (Å²) in [6.07, 6.45) is -0.900. The molecule has 0 N–H and O–H groups in total. The van der Waals surface area contributed by atoms with E-state index in [0.717, 1.165) is 80.9 Å². The number of rotatable bonds is 8. The molecule has 2 aliphatic heterocycles. The van der Waals surface area contributed by atoms with Gasteiger partial charge in [0.25, 0.3) is 0 Å². The molecule has 4 rings (SSSR count). The molecule has 8 heteroatoms. The predicted molar refractivity (Wildman–Crippen MR) is 129 cm³/mol. The molecule has 0 bridgehead atoms. The van der Waals surface area contributed by atoms with Gasteiger partial charge in [-0.3, -0.25) is 14.5 Å². The zero-order valence-corrected chi connectivity index (χ0v) is 20.1. The van der Waals surface area contributed by atoms with E-state index in [-0.39, 0.29) is 11.7 Å². The fourth-order valence-corrected chi connectivity index (χ4v) is 4.83. The topological polar surface area (TPSA) is 43.9 Å². The van der Waals surface area contributed by atoms with Gasteiger partial charge in [-0.25, -0.2) is 0 Å². The number of halogens is 3. The maximum atomic E-state index is 12.8. The summed E-state index contributed by atoms with van der Waals surface area (Å²) in [6.45, 7) is 7.09. The lowest BCUT2D eigenvalue weighted by Crippen LogP contribution is -2.46. The average Bonchev–Trinajstić information content (AvgIpc) is 3.27. The van der Waals surface area contributed by atoms with Gasteiger partial charge in [0.1, 0.15) is 0 Å². The van der Waals surface area contributed by atoms with Crippen molar-refractivity contribution in [2.24, 2.45) is 0 Å². The van der Waals surface area contributed by atoms with E-state index in [0.29, 0.717) is 25.1 Å². The number of carbonyl (C=O) groups excluding carboxylic acids is 2. The molecule has 0 aromatic heterocycles. The molecule has 5 nitrogen and oxygen atoms in total. The van der Waals surface area contributed by atoms with Gasteiger partial charge in [0.05, 0.1) is 5.56 Å². The van der Waals surface area contributed by atoms with Crippen molar-refractivity contribution >= 4 is 17.4 Å². The third-order valence-corrected chi connectivity index (χ3v) is 6.98. The minimum atomic E-state index is -4.30. The van der Waals surface area contributed by atoms with E-state index >= 15 is 0 Å². The predicted octanol–water partition coefficient (Wildman–Crippen LogP) is 5.13. The Morgan fingerprint density at radius 3 is 2.20 bits per heavy atom. The van der Waals surface area contributed by atoms with Gasteiger partial charge in [-0.05, 0) is 67.8 Å². The molecule has 0 radical (unpaired) electrons. The molecule has 0 spiro atoms. The number of benzene rings is 2. The van der Waals surface area contributed by atoms with Crippen LogP contribution in [-0.4, -0.2) is 54.2 Å². The molecule has 0 unspecified atom stereocenters. The zero-order chi connectivity index (χ0) is 25.0. The van der Waals surface area contributed by atoms with Crippen LogP contribution in [0.5, 0.6) is 0 Å². The zero-order valence-electron chi connectivity index (χ0n) is 20.1. The minimum absolute atomic E-state index is 0.0404. The number of hydrogen-bond donors (Lipinski definition) is 0. The SMILES string of the molecule is CC(=O)c1ccc2c(c1)CN(C(=O)CCCCCN1CCN(c3ccc(C(F)(F)F)cc3)CC1)C2. The van der Waals surface area contributed by atoms with Crippen LogP contribution in [0.15, 0.2) is 42.5 Å². The largest absolute Gasteiger partial charge is 0.416 e. The summed E-state index contributed by atoms with van der Waals surface area (Å²) in [5.74, 6) is 0.203. The first-order valence-corrected chi connectivity index (χ1v) is 12.3. The number of fused-ring (bicyclic) bond motifs is 1. The Hall–Kier alpha value is -2.87. The Balaban J connectivity index is 1.11. The van der Waals surface area contributed by atoms with Crippen LogP contribution in [-0.2, 0) is 24.1 Å². The van der Waals surface area contributed by atoms with Gasteiger partial charge >= 0.3 is 6.18 Å². The maximum absolute atomic E-state index is 12.8. The van der Waals surface area contributed by atoms with Crippen LogP contribution in [0.2, 0.25) is 0 Å². The maximum Gasteiger partial charge on any atom is 0.416 e. The first kappa shape index (κ1) is 25.2. The molecule has 1 saturated heterocycles. The second-order valence-electron chi connectivity index (χ2n) is 9.47. The van der Waals surface area contributed by atoms with Gasteiger partial charge in [-0.2, -0.15) is 13.2 Å². The molecule has 2 aromatic rings. The monoisotopic (exact) mass is 487 g/mol. The van der Waals surface area contributed by atoms with Gasteiger partial charge < -0.3 is 9.80 Å². The van der Waals surface area contributed by atoms with Crippen molar-refractivity contribution < 1.29 is 22.8 Å². The van der Waals surface area contributed by atoms with Gasteiger partial charge in [-0.15, -0.1) is 0 Å². The second-order valence-corrected chi connectivity index (χ2v) is 9.47. The first-order chi connectivity index (χ1) is 16.7. The van der Waals surface area contributed by atoms with E-state index < -0.39 is 11.7 Å². The smallest absolute Gasteiger partial charge is 0.369 e. The number of hydrogen-bond acceptors (Lipinski definition) is 4. The van der Waals surface area contributed by atoms with Crippen molar-refractivity contribution in [2.45, 2.75) is 51.9 Å². The third-order valence-electron chi connectivity index (χ3n) is 6.98. The molecule has 2 heterocycles. The number of ketones is 1. The van der Waals surface area contributed by atoms with Gasteiger partial charge in [0, 0.05) is 56.9 Å². The van der Waals surface area contributed by atoms with E-state index in [4.69, 9.17) is 0 Å². The lowest BCUT2D eigenvalue weighted by atomic mass is 10.0. The number of nitrogens with zero attached hydrogens (tertiary/aromatic N) is 3. The van der Waals surface area contributed by atoms with Crippen LogP contribution >= 0.6 is 0 Å². The average molecular weight is 488 g/mol. The highest BCUT2D eigenvalue weighted by Crippen LogP contribution is 2.31. The van der Waals surface area contributed by atoms with Crippen LogP contribution in [0.4, 0.5) is 18.9 Å². The second kappa shape index (κ2) is 10.8. The first-order valence-electron chi connectivity index (χ1n) is 12.3. The molecule has 0 aliphatic carbocycles. The summed E-state index contributed by atoms with van der Waals surface area (Å²) >= 11 is 0. The van der Waals surface area contributed by atoms with E-state index in [1.807, 2.05) is 23.1 Å². The Bertz CT molecular complexity index is 1040. The summed E-state index contributed by atoms with van der Waals surface area (Å²) < 4.78 is 38.3. The minimum Gasteiger partial charge on any atom is -0.369 e. The fourth-order valence-electron chi connectivity index (χ4n) is 4.83. The molecule has 2 aliphatic rings. The molecule has 188 valence electrons. The summed E-state index contributed by atoms with van der Waals surface area (Å²) in [5, 5.41) is 0. The van der Waals surface area contributed by atoms with Crippen molar-refractivity contribution in [1.82, 2.24) is 9.80 Å². The molecule has 1 fully saturated rings. The van der Waals surface area contributed by atoms with Crippen molar-refractivity contribution in [3.63, 3.8) is 0 Å². The summed E-state index contributed by atoms with van der Waals surface area (Å²) in [6, 6.07) is 11.1. The number of amides is 1. The normalized spacial score (nSPS) is 16.5. The lowest BCUT2D eigenvalue weighted by Gasteiger charge is -2.36. The molecular formula is C27H32F3N3O2. The van der Waals surface area contributed by atoms with Crippen molar-refractivity contribution in [3.8, 4) is 0 Å². The van der Waals surface area contributed by atoms with Crippen LogP contribution in [0.1, 0.15) is 59.7 Å². The van der Waals surface area contributed by atoms with Crippen molar-refractivity contribution in [1.29, 1.82) is 0 Å². The molecule has 2 aromatic carbocycles. The highest BCUT2D eigenvalue weighted by atomic mass is 19.4. The summed E-state index contributed by atoms with van der Waals surface area (Å²) in [4.78, 5) is 30.6. The fraction of sp³-hybridized carbons (Fsp3) is 0.481. The third kappa shape index (κ3) is 6.42. The van der Waals surface area contributed by atoms with Crippen LogP contribution in [0.25, 0.3) is 0 Å². The molecule has 0 atom stereocenters. The number of alkyl halides is 3. The Kier molecular flexibility index (Phi) is 7.79. The number of unbranched alkanes of at least 4 members (excludes halogenated alkanes) is 2. The Morgan fingerprint density at radius 1 is 0.857 bits per heavy atom. The standard InChI is InChI=1S/C27H32F3N3O2/c1-20(34)21-6-7-22-18-33(19-23(22)17-21)26(35)5-3-2-4-12-31-13-15-32(16-14-31)25-10-8-24(9-11-25)27(28,29)30/h6-11,17H,2-5,12-16,18-19H2,1H3.